The number of aryl methyl sites for hydroxylation is 1. The first kappa shape index (κ1) is 12.5. The summed E-state index contributed by atoms with van der Waals surface area (Å²) in [7, 11) is -3.62. The first-order valence-electron chi connectivity index (χ1n) is 5.35. The fraction of sp³-hybridized carbons (Fsp3) is 0.455. The van der Waals surface area contributed by atoms with Crippen LogP contribution in [0.5, 0.6) is 0 Å². The highest BCUT2D eigenvalue weighted by atomic mass is 32.2. The van der Waals surface area contributed by atoms with Gasteiger partial charge in [0.1, 0.15) is 0 Å². The molecule has 5 nitrogen and oxygen atoms in total. The Labute approximate surface area is 100 Å². The Morgan fingerprint density at radius 2 is 1.71 bits per heavy atom. The Hall–Kier alpha value is -0.950. The zero-order valence-corrected chi connectivity index (χ0v) is 10.3. The highest BCUT2D eigenvalue weighted by molar-refractivity contribution is 7.89. The van der Waals surface area contributed by atoms with Gasteiger partial charge >= 0.3 is 0 Å². The zero-order chi connectivity index (χ0) is 12.6. The smallest absolute Gasteiger partial charge is 0.243 e. The molecule has 1 aliphatic heterocycles. The van der Waals surface area contributed by atoms with E-state index in [4.69, 9.17) is 0 Å². The number of rotatable bonds is 2. The van der Waals surface area contributed by atoms with Gasteiger partial charge in [-0.3, -0.25) is 0 Å². The van der Waals surface area contributed by atoms with Crippen LogP contribution in [0.1, 0.15) is 5.56 Å². The Kier molecular flexibility index (Phi) is 3.22. The van der Waals surface area contributed by atoms with Crippen LogP contribution in [0.15, 0.2) is 29.2 Å². The molecule has 17 heavy (non-hydrogen) atoms. The second kappa shape index (κ2) is 4.38. The second-order valence-electron chi connectivity index (χ2n) is 4.22. The number of aliphatic hydroxyl groups excluding tert-OH is 2. The third-order valence-electron chi connectivity index (χ3n) is 2.94. The van der Waals surface area contributed by atoms with E-state index in [1.165, 1.54) is 6.07 Å². The van der Waals surface area contributed by atoms with Crippen molar-refractivity contribution in [2.75, 3.05) is 13.1 Å². The lowest BCUT2D eigenvalue weighted by molar-refractivity contribution is 0.0572. The summed E-state index contributed by atoms with van der Waals surface area (Å²) in [4.78, 5) is 0.223. The molecule has 1 saturated heterocycles. The SMILES string of the molecule is Cc1ccccc1S(=O)(=O)N1CC(O)C(O)C1. The lowest BCUT2D eigenvalue weighted by atomic mass is 10.2. The minimum Gasteiger partial charge on any atom is -0.389 e. The number of sulfonamides is 1. The van der Waals surface area contributed by atoms with Crippen molar-refractivity contribution in [3.05, 3.63) is 29.8 Å². The quantitative estimate of drug-likeness (QED) is 0.764. The maximum Gasteiger partial charge on any atom is 0.243 e. The van der Waals surface area contributed by atoms with E-state index in [1.807, 2.05) is 0 Å². The monoisotopic (exact) mass is 257 g/mol. The lowest BCUT2D eigenvalue weighted by Crippen LogP contribution is -2.30. The first-order valence-corrected chi connectivity index (χ1v) is 6.79. The van der Waals surface area contributed by atoms with Crippen molar-refractivity contribution in [1.82, 2.24) is 4.31 Å². The molecule has 2 atom stereocenters. The fourth-order valence-electron chi connectivity index (χ4n) is 1.92. The van der Waals surface area contributed by atoms with Gasteiger partial charge in [-0.1, -0.05) is 18.2 Å². The second-order valence-corrected chi connectivity index (χ2v) is 6.13. The Morgan fingerprint density at radius 3 is 2.24 bits per heavy atom. The Balaban J connectivity index is 2.36. The highest BCUT2D eigenvalue weighted by Crippen LogP contribution is 2.23. The van der Waals surface area contributed by atoms with Gasteiger partial charge in [0.25, 0.3) is 0 Å². The summed E-state index contributed by atoms with van der Waals surface area (Å²) in [6.45, 7) is 1.60. The molecule has 1 heterocycles. The number of β-amino-alcohol motifs (C(OH)–C–C–N with tert-alkyl or cyclic N) is 2. The average molecular weight is 257 g/mol. The van der Waals surface area contributed by atoms with Crippen LogP contribution in [0, 0.1) is 6.92 Å². The number of aliphatic hydroxyl groups is 2. The molecule has 2 rings (SSSR count). The maximum absolute atomic E-state index is 12.3. The maximum atomic E-state index is 12.3. The number of benzene rings is 1. The van der Waals surface area contributed by atoms with Crippen LogP contribution in [-0.2, 0) is 10.0 Å². The third-order valence-corrected chi connectivity index (χ3v) is 4.93. The minimum absolute atomic E-state index is 0.0577. The van der Waals surface area contributed by atoms with Crippen LogP contribution < -0.4 is 0 Å². The standard InChI is InChI=1S/C11H15NO4S/c1-8-4-2-3-5-11(8)17(15,16)12-6-9(13)10(14)7-12/h2-5,9-10,13-14H,6-7H2,1H3. The van der Waals surface area contributed by atoms with Gasteiger partial charge in [0, 0.05) is 13.1 Å². The Morgan fingerprint density at radius 1 is 1.18 bits per heavy atom. The summed E-state index contributed by atoms with van der Waals surface area (Å²) < 4.78 is 25.6. The molecule has 0 radical (unpaired) electrons. The van der Waals surface area contributed by atoms with Gasteiger partial charge in [0.15, 0.2) is 0 Å². The van der Waals surface area contributed by atoms with Crippen molar-refractivity contribution in [3.8, 4) is 0 Å². The number of nitrogens with zero attached hydrogens (tertiary/aromatic N) is 1. The van der Waals surface area contributed by atoms with Crippen LogP contribution >= 0.6 is 0 Å². The molecule has 0 saturated carbocycles. The van der Waals surface area contributed by atoms with Gasteiger partial charge in [0.2, 0.25) is 10.0 Å². The van der Waals surface area contributed by atoms with E-state index in [0.29, 0.717) is 5.56 Å². The molecular weight excluding hydrogens is 242 g/mol. The van der Waals surface area contributed by atoms with Crippen molar-refractivity contribution >= 4 is 10.0 Å². The largest absolute Gasteiger partial charge is 0.389 e. The summed E-state index contributed by atoms with van der Waals surface area (Å²) in [6.07, 6.45) is -2.01. The molecule has 0 amide bonds. The minimum atomic E-state index is -3.62. The van der Waals surface area contributed by atoms with Gasteiger partial charge in [0.05, 0.1) is 17.1 Å². The average Bonchev–Trinajstić information content (AvgIpc) is 2.60. The van der Waals surface area contributed by atoms with Gasteiger partial charge < -0.3 is 10.2 Å². The zero-order valence-electron chi connectivity index (χ0n) is 9.44. The predicted molar refractivity (Wildman–Crippen MR) is 62.0 cm³/mol. The van der Waals surface area contributed by atoms with Crippen LogP contribution in [0.3, 0.4) is 0 Å². The summed E-state index contributed by atoms with van der Waals surface area (Å²) in [5.74, 6) is 0. The molecule has 1 aromatic carbocycles. The van der Waals surface area contributed by atoms with E-state index in [9.17, 15) is 18.6 Å². The summed E-state index contributed by atoms with van der Waals surface area (Å²) in [5, 5.41) is 18.8. The molecule has 2 unspecified atom stereocenters. The predicted octanol–water partition coefficient (Wildman–Crippen LogP) is -0.279. The van der Waals surface area contributed by atoms with Crippen molar-refractivity contribution in [2.24, 2.45) is 0 Å². The molecule has 1 aliphatic rings. The number of hydrogen-bond donors (Lipinski definition) is 2. The van der Waals surface area contributed by atoms with Crippen molar-refractivity contribution in [2.45, 2.75) is 24.0 Å². The van der Waals surface area contributed by atoms with E-state index in [1.54, 1.807) is 25.1 Å². The first-order chi connectivity index (χ1) is 7.93. The number of hydrogen-bond acceptors (Lipinski definition) is 4. The van der Waals surface area contributed by atoms with Crippen molar-refractivity contribution in [3.63, 3.8) is 0 Å². The lowest BCUT2D eigenvalue weighted by Gasteiger charge is -2.16. The topological polar surface area (TPSA) is 77.8 Å². The van der Waals surface area contributed by atoms with E-state index in [0.717, 1.165) is 4.31 Å². The van der Waals surface area contributed by atoms with Gasteiger partial charge in [-0.15, -0.1) is 0 Å². The summed E-state index contributed by atoms with van der Waals surface area (Å²) in [5.41, 5.74) is 0.656. The summed E-state index contributed by atoms with van der Waals surface area (Å²) in [6, 6.07) is 6.67. The van der Waals surface area contributed by atoms with Gasteiger partial charge in [-0.25, -0.2) is 8.42 Å². The molecule has 0 aliphatic carbocycles. The highest BCUT2D eigenvalue weighted by Gasteiger charge is 2.37. The third kappa shape index (κ3) is 2.21. The van der Waals surface area contributed by atoms with Gasteiger partial charge in [-0.05, 0) is 18.6 Å². The normalized spacial score (nSPS) is 26.3. The summed E-state index contributed by atoms with van der Waals surface area (Å²) >= 11 is 0. The molecular formula is C11H15NO4S. The molecule has 0 spiro atoms. The fourth-order valence-corrected chi connectivity index (χ4v) is 3.62. The van der Waals surface area contributed by atoms with E-state index in [2.05, 4.69) is 0 Å². The molecule has 1 aromatic rings. The van der Waals surface area contributed by atoms with E-state index >= 15 is 0 Å². The molecule has 6 heteroatoms. The molecule has 94 valence electrons. The van der Waals surface area contributed by atoms with E-state index < -0.39 is 22.2 Å². The molecule has 2 N–H and O–H groups in total. The van der Waals surface area contributed by atoms with Gasteiger partial charge in [-0.2, -0.15) is 4.31 Å². The van der Waals surface area contributed by atoms with Crippen LogP contribution in [-0.4, -0.2) is 48.2 Å². The van der Waals surface area contributed by atoms with E-state index in [-0.39, 0.29) is 18.0 Å². The van der Waals surface area contributed by atoms with Crippen LogP contribution in [0.2, 0.25) is 0 Å². The van der Waals surface area contributed by atoms with Crippen molar-refractivity contribution in [1.29, 1.82) is 0 Å². The molecule has 0 aromatic heterocycles. The van der Waals surface area contributed by atoms with Crippen molar-refractivity contribution < 1.29 is 18.6 Å². The van der Waals surface area contributed by atoms with Crippen LogP contribution in [0.4, 0.5) is 0 Å². The molecule has 1 fully saturated rings. The van der Waals surface area contributed by atoms with Crippen LogP contribution in [0.25, 0.3) is 0 Å². The Bertz CT molecular complexity index is 504. The molecule has 0 bridgehead atoms.